The van der Waals surface area contributed by atoms with E-state index in [0.717, 1.165) is 10.9 Å². The molecule has 0 radical (unpaired) electrons. The third kappa shape index (κ3) is 2.27. The Morgan fingerprint density at radius 1 is 1.53 bits per heavy atom. The van der Waals surface area contributed by atoms with Gasteiger partial charge in [-0.1, -0.05) is 11.6 Å². The molecule has 2 rings (SSSR count). The molecule has 0 saturated heterocycles. The number of carboxylic acid groups (broad SMARTS) is 1. The third-order valence-corrected chi connectivity index (χ3v) is 2.30. The minimum Gasteiger partial charge on any atom is -0.481 e. The topological polar surface area (TPSA) is 55.1 Å². The van der Waals surface area contributed by atoms with Gasteiger partial charge >= 0.3 is 5.97 Å². The molecule has 5 heteroatoms. The van der Waals surface area contributed by atoms with Gasteiger partial charge in [0.1, 0.15) is 0 Å². The zero-order chi connectivity index (χ0) is 10.8. The highest BCUT2D eigenvalue weighted by Gasteiger charge is 2.03. The van der Waals surface area contributed by atoms with Crippen LogP contribution in [0.2, 0.25) is 5.02 Å². The summed E-state index contributed by atoms with van der Waals surface area (Å²) in [4.78, 5) is 10.4. The SMILES string of the molecule is O=C(O)CCn1cc2cc(Cl)ccc2n1. The Kier molecular flexibility index (Phi) is 2.60. The molecule has 0 atom stereocenters. The molecule has 0 unspecified atom stereocenters. The smallest absolute Gasteiger partial charge is 0.305 e. The Morgan fingerprint density at radius 3 is 3.07 bits per heavy atom. The summed E-state index contributed by atoms with van der Waals surface area (Å²) in [6, 6.07) is 5.38. The van der Waals surface area contributed by atoms with Crippen molar-refractivity contribution in [2.45, 2.75) is 13.0 Å². The number of carbonyl (C=O) groups is 1. The van der Waals surface area contributed by atoms with E-state index in [-0.39, 0.29) is 6.42 Å². The minimum absolute atomic E-state index is 0.0712. The lowest BCUT2D eigenvalue weighted by Gasteiger charge is -1.95. The maximum atomic E-state index is 10.4. The number of rotatable bonds is 3. The number of aryl methyl sites for hydroxylation is 1. The summed E-state index contributed by atoms with van der Waals surface area (Å²) in [6.07, 6.45) is 1.87. The van der Waals surface area contributed by atoms with Crippen molar-refractivity contribution in [3.63, 3.8) is 0 Å². The number of benzene rings is 1. The first-order chi connectivity index (χ1) is 7.15. The van der Waals surface area contributed by atoms with Crippen LogP contribution in [0.25, 0.3) is 10.9 Å². The first kappa shape index (κ1) is 9.98. The fraction of sp³-hybridized carbons (Fsp3) is 0.200. The van der Waals surface area contributed by atoms with Crippen LogP contribution in [-0.4, -0.2) is 20.9 Å². The van der Waals surface area contributed by atoms with Crippen molar-refractivity contribution in [3.8, 4) is 0 Å². The highest BCUT2D eigenvalue weighted by molar-refractivity contribution is 6.31. The molecule has 1 aromatic heterocycles. The molecule has 4 nitrogen and oxygen atoms in total. The van der Waals surface area contributed by atoms with E-state index in [1.165, 1.54) is 0 Å². The van der Waals surface area contributed by atoms with Gasteiger partial charge in [0.2, 0.25) is 0 Å². The van der Waals surface area contributed by atoms with Crippen molar-refractivity contribution in [2.24, 2.45) is 0 Å². The number of aromatic nitrogens is 2. The van der Waals surface area contributed by atoms with E-state index in [1.54, 1.807) is 23.0 Å². The van der Waals surface area contributed by atoms with E-state index >= 15 is 0 Å². The summed E-state index contributed by atoms with van der Waals surface area (Å²) >= 11 is 5.82. The van der Waals surface area contributed by atoms with Crippen LogP contribution in [0.15, 0.2) is 24.4 Å². The maximum absolute atomic E-state index is 10.4. The number of nitrogens with zero attached hydrogens (tertiary/aromatic N) is 2. The first-order valence-electron chi connectivity index (χ1n) is 4.50. The van der Waals surface area contributed by atoms with Crippen LogP contribution >= 0.6 is 11.6 Å². The highest BCUT2D eigenvalue weighted by Crippen LogP contribution is 2.17. The van der Waals surface area contributed by atoms with Crippen molar-refractivity contribution in [3.05, 3.63) is 29.4 Å². The quantitative estimate of drug-likeness (QED) is 0.869. The van der Waals surface area contributed by atoms with E-state index < -0.39 is 5.97 Å². The average molecular weight is 225 g/mol. The number of aliphatic carboxylic acids is 1. The molecule has 0 spiro atoms. The molecule has 0 amide bonds. The number of hydrogen-bond donors (Lipinski definition) is 1. The van der Waals surface area contributed by atoms with Gasteiger partial charge in [0, 0.05) is 16.6 Å². The van der Waals surface area contributed by atoms with Gasteiger partial charge in [0.25, 0.3) is 0 Å². The molecule has 0 fully saturated rings. The molecule has 0 aliphatic rings. The third-order valence-electron chi connectivity index (χ3n) is 2.07. The van der Waals surface area contributed by atoms with Gasteiger partial charge in [-0.15, -0.1) is 0 Å². The molecule has 0 aliphatic heterocycles. The molecular formula is C10H9ClN2O2. The van der Waals surface area contributed by atoms with Gasteiger partial charge in [0.05, 0.1) is 18.5 Å². The van der Waals surface area contributed by atoms with E-state index in [2.05, 4.69) is 5.10 Å². The normalized spacial score (nSPS) is 10.7. The highest BCUT2D eigenvalue weighted by atomic mass is 35.5. The Balaban J connectivity index is 2.27. The van der Waals surface area contributed by atoms with Gasteiger partial charge in [0.15, 0.2) is 0 Å². The van der Waals surface area contributed by atoms with E-state index in [9.17, 15) is 4.79 Å². The largest absolute Gasteiger partial charge is 0.481 e. The maximum Gasteiger partial charge on any atom is 0.305 e. The predicted octanol–water partition coefficient (Wildman–Crippen LogP) is 2.16. The van der Waals surface area contributed by atoms with Crippen LogP contribution in [0.5, 0.6) is 0 Å². The van der Waals surface area contributed by atoms with Crippen LogP contribution in [0, 0.1) is 0 Å². The lowest BCUT2D eigenvalue weighted by molar-refractivity contribution is -0.137. The zero-order valence-corrected chi connectivity index (χ0v) is 8.61. The second-order valence-electron chi connectivity index (χ2n) is 3.24. The lowest BCUT2D eigenvalue weighted by Crippen LogP contribution is -2.04. The second-order valence-corrected chi connectivity index (χ2v) is 3.68. The van der Waals surface area contributed by atoms with Gasteiger partial charge in [-0.25, -0.2) is 0 Å². The van der Waals surface area contributed by atoms with Crippen LogP contribution in [0.3, 0.4) is 0 Å². The van der Waals surface area contributed by atoms with E-state index in [4.69, 9.17) is 16.7 Å². The molecule has 0 bridgehead atoms. The number of fused-ring (bicyclic) bond motifs is 1. The zero-order valence-electron chi connectivity index (χ0n) is 7.85. The molecule has 0 aliphatic carbocycles. The molecule has 0 saturated carbocycles. The molecule has 78 valence electrons. The summed E-state index contributed by atoms with van der Waals surface area (Å²) < 4.78 is 1.62. The van der Waals surface area contributed by atoms with Crippen molar-refractivity contribution < 1.29 is 9.90 Å². The summed E-state index contributed by atoms with van der Waals surface area (Å²) in [5, 5.41) is 14.3. The van der Waals surface area contributed by atoms with E-state index in [1.807, 2.05) is 6.07 Å². The van der Waals surface area contributed by atoms with Crippen LogP contribution in [0.1, 0.15) is 6.42 Å². The van der Waals surface area contributed by atoms with Crippen molar-refractivity contribution in [1.82, 2.24) is 9.78 Å². The van der Waals surface area contributed by atoms with Crippen LogP contribution in [-0.2, 0) is 11.3 Å². The molecular weight excluding hydrogens is 216 g/mol. The Morgan fingerprint density at radius 2 is 2.33 bits per heavy atom. The Labute approximate surface area is 91.1 Å². The fourth-order valence-corrected chi connectivity index (χ4v) is 1.55. The van der Waals surface area contributed by atoms with Gasteiger partial charge in [-0.3, -0.25) is 9.48 Å². The molecule has 1 aromatic carbocycles. The van der Waals surface area contributed by atoms with E-state index in [0.29, 0.717) is 11.6 Å². The number of hydrogen-bond acceptors (Lipinski definition) is 2. The standard InChI is InChI=1S/C10H9ClN2O2/c11-8-1-2-9-7(5-8)6-13(12-9)4-3-10(14)15/h1-2,5-6H,3-4H2,(H,14,15). The minimum atomic E-state index is -0.826. The fourth-order valence-electron chi connectivity index (χ4n) is 1.37. The second kappa shape index (κ2) is 3.90. The van der Waals surface area contributed by atoms with Crippen molar-refractivity contribution in [2.75, 3.05) is 0 Å². The summed E-state index contributed by atoms with van der Waals surface area (Å²) in [7, 11) is 0. The monoisotopic (exact) mass is 224 g/mol. The van der Waals surface area contributed by atoms with Gasteiger partial charge in [-0.05, 0) is 18.2 Å². The molecule has 1 N–H and O–H groups in total. The Bertz CT molecular complexity index is 507. The first-order valence-corrected chi connectivity index (χ1v) is 4.87. The summed E-state index contributed by atoms with van der Waals surface area (Å²) in [5.41, 5.74) is 0.824. The predicted molar refractivity (Wildman–Crippen MR) is 57.0 cm³/mol. The van der Waals surface area contributed by atoms with Gasteiger partial charge in [-0.2, -0.15) is 5.10 Å². The summed E-state index contributed by atoms with van der Waals surface area (Å²) in [6.45, 7) is 0.377. The van der Waals surface area contributed by atoms with Crippen molar-refractivity contribution >= 4 is 28.5 Å². The average Bonchev–Trinajstić information content (AvgIpc) is 2.56. The lowest BCUT2D eigenvalue weighted by atomic mass is 10.3. The molecule has 15 heavy (non-hydrogen) atoms. The molecule has 2 aromatic rings. The Hall–Kier alpha value is -1.55. The van der Waals surface area contributed by atoms with Crippen LogP contribution in [0.4, 0.5) is 0 Å². The van der Waals surface area contributed by atoms with Crippen LogP contribution < -0.4 is 0 Å². The summed E-state index contributed by atoms with van der Waals surface area (Å²) in [5.74, 6) is -0.826. The molecule has 1 heterocycles. The van der Waals surface area contributed by atoms with Crippen molar-refractivity contribution in [1.29, 1.82) is 0 Å². The number of carboxylic acids is 1. The van der Waals surface area contributed by atoms with Gasteiger partial charge < -0.3 is 5.11 Å². The number of halogens is 1.